The van der Waals surface area contributed by atoms with Crippen molar-refractivity contribution in [3.8, 4) is 12.3 Å². The van der Waals surface area contributed by atoms with E-state index in [-0.39, 0.29) is 25.0 Å². The molecule has 2 aliphatic heterocycles. The van der Waals surface area contributed by atoms with E-state index < -0.39 is 23.5 Å². The molecule has 2 N–H and O–H groups in total. The van der Waals surface area contributed by atoms with E-state index in [2.05, 4.69) is 16.1 Å². The van der Waals surface area contributed by atoms with Gasteiger partial charge in [0.05, 0.1) is 13.0 Å². The first-order valence-electron chi connectivity index (χ1n) is 11.6. The third-order valence-corrected chi connectivity index (χ3v) is 5.81. The average Bonchev–Trinajstić information content (AvgIpc) is 2.79. The van der Waals surface area contributed by atoms with Crippen LogP contribution in [0.4, 0.5) is 10.5 Å². The van der Waals surface area contributed by atoms with E-state index in [0.29, 0.717) is 44.7 Å². The van der Waals surface area contributed by atoms with Crippen LogP contribution in [0.2, 0.25) is 0 Å². The number of carboxylic acids is 1. The van der Waals surface area contributed by atoms with Crippen molar-refractivity contribution in [3.63, 3.8) is 0 Å². The highest BCUT2D eigenvalue weighted by Crippen LogP contribution is 2.26. The first kappa shape index (κ1) is 25.9. The molecule has 0 spiro atoms. The minimum absolute atomic E-state index is 0.200. The Labute approximate surface area is 205 Å². The second-order valence-corrected chi connectivity index (χ2v) is 9.66. The lowest BCUT2D eigenvalue weighted by Gasteiger charge is -2.37. The number of anilines is 1. The summed E-state index contributed by atoms with van der Waals surface area (Å²) in [7, 11) is 0. The molecule has 2 heterocycles. The predicted molar refractivity (Wildman–Crippen MR) is 129 cm³/mol. The summed E-state index contributed by atoms with van der Waals surface area (Å²) in [5.41, 5.74) is 1.78. The molecule has 1 saturated heterocycles. The lowest BCUT2D eigenvalue weighted by Crippen LogP contribution is -2.50. The summed E-state index contributed by atoms with van der Waals surface area (Å²) in [4.78, 5) is 53.9. The Morgan fingerprint density at radius 1 is 1.17 bits per heavy atom. The Hall–Kier alpha value is -3.74. The highest BCUT2D eigenvalue weighted by Gasteiger charge is 2.29. The largest absolute Gasteiger partial charge is 0.481 e. The molecule has 3 rings (SSSR count). The molecule has 1 fully saturated rings. The van der Waals surface area contributed by atoms with E-state index in [0.717, 1.165) is 11.3 Å². The number of rotatable bonds is 6. The predicted octanol–water partition coefficient (Wildman–Crippen LogP) is 1.33. The Bertz CT molecular complexity index is 1030. The molecule has 1 aromatic rings. The second-order valence-electron chi connectivity index (χ2n) is 9.66. The van der Waals surface area contributed by atoms with Gasteiger partial charge >= 0.3 is 12.1 Å². The number of nitrogens with zero attached hydrogens (tertiary/aromatic N) is 3. The molecule has 0 bridgehead atoms. The number of terminal acetylenes is 1. The van der Waals surface area contributed by atoms with Crippen molar-refractivity contribution in [1.29, 1.82) is 0 Å². The molecule has 2 aliphatic rings. The molecule has 0 saturated carbocycles. The van der Waals surface area contributed by atoms with Gasteiger partial charge in [-0.2, -0.15) is 0 Å². The van der Waals surface area contributed by atoms with E-state index >= 15 is 0 Å². The highest BCUT2D eigenvalue weighted by atomic mass is 16.6. The number of ether oxygens (including phenoxy) is 1. The van der Waals surface area contributed by atoms with Gasteiger partial charge < -0.3 is 29.9 Å². The summed E-state index contributed by atoms with van der Waals surface area (Å²) in [6.45, 7) is 7.93. The van der Waals surface area contributed by atoms with Gasteiger partial charge in [-0.1, -0.05) is 12.0 Å². The molecule has 188 valence electrons. The number of nitrogens with one attached hydrogen (secondary N) is 1. The summed E-state index contributed by atoms with van der Waals surface area (Å²) in [6.07, 6.45) is 5.18. The normalized spacial score (nSPS) is 16.7. The van der Waals surface area contributed by atoms with Crippen molar-refractivity contribution in [2.75, 3.05) is 44.2 Å². The highest BCUT2D eigenvalue weighted by molar-refractivity contribution is 5.99. The minimum Gasteiger partial charge on any atom is -0.481 e. The number of piperazine rings is 1. The van der Waals surface area contributed by atoms with Crippen LogP contribution >= 0.6 is 0 Å². The van der Waals surface area contributed by atoms with Gasteiger partial charge in [-0.25, -0.2) is 4.79 Å². The number of amides is 3. The Morgan fingerprint density at radius 3 is 2.46 bits per heavy atom. The maximum atomic E-state index is 13.1. The van der Waals surface area contributed by atoms with Gasteiger partial charge in [-0.3, -0.25) is 14.4 Å². The molecule has 10 heteroatoms. The van der Waals surface area contributed by atoms with Crippen LogP contribution in [0, 0.1) is 12.3 Å². The molecule has 1 aromatic carbocycles. The zero-order valence-electron chi connectivity index (χ0n) is 20.4. The number of carbonyl (C=O) groups excluding carboxylic acids is 3. The lowest BCUT2D eigenvalue weighted by atomic mass is 9.97. The fourth-order valence-electron chi connectivity index (χ4n) is 4.07. The van der Waals surface area contributed by atoms with Crippen LogP contribution in [0.3, 0.4) is 0 Å². The molecule has 0 radical (unpaired) electrons. The number of hydrogen-bond acceptors (Lipinski definition) is 6. The van der Waals surface area contributed by atoms with Crippen molar-refractivity contribution < 1.29 is 29.0 Å². The third kappa shape index (κ3) is 6.88. The molecule has 1 atom stereocenters. The van der Waals surface area contributed by atoms with Gasteiger partial charge in [0.1, 0.15) is 11.6 Å². The molecule has 3 amide bonds. The third-order valence-electron chi connectivity index (χ3n) is 5.81. The maximum Gasteiger partial charge on any atom is 0.410 e. The monoisotopic (exact) mass is 484 g/mol. The Kier molecular flexibility index (Phi) is 7.89. The van der Waals surface area contributed by atoms with Crippen molar-refractivity contribution in [2.24, 2.45) is 0 Å². The zero-order valence-corrected chi connectivity index (χ0v) is 20.4. The molecule has 0 unspecified atom stereocenters. The standard InChI is InChI=1S/C25H32N4O6/c1-5-18(14-22(31)32)26-21(30)16-29-9-8-17-6-7-19(15-20(17)23(29)33)27-10-12-28(13-11-27)24(34)35-25(2,3)4/h1,6-7,15,18H,8-14,16H2,2-4H3,(H,26,30)(H,31,32)/t18-/m1/s1. The summed E-state index contributed by atoms with van der Waals surface area (Å²) in [5, 5.41) is 11.4. The van der Waals surface area contributed by atoms with Gasteiger partial charge in [0.15, 0.2) is 0 Å². The average molecular weight is 485 g/mol. The Morgan fingerprint density at radius 2 is 1.86 bits per heavy atom. The van der Waals surface area contributed by atoms with E-state index in [9.17, 15) is 19.2 Å². The number of fused-ring (bicyclic) bond motifs is 1. The zero-order chi connectivity index (χ0) is 25.8. The van der Waals surface area contributed by atoms with Crippen LogP contribution in [-0.4, -0.2) is 89.7 Å². The summed E-state index contributed by atoms with van der Waals surface area (Å²) >= 11 is 0. The Balaban J connectivity index is 1.61. The van der Waals surface area contributed by atoms with Gasteiger partial charge in [0, 0.05) is 44.0 Å². The molecule has 35 heavy (non-hydrogen) atoms. The number of carboxylic acid groups (broad SMARTS) is 1. The molecule has 0 aromatic heterocycles. The van der Waals surface area contributed by atoms with E-state index in [1.165, 1.54) is 4.90 Å². The van der Waals surface area contributed by atoms with E-state index in [1.807, 2.05) is 39.0 Å². The first-order chi connectivity index (χ1) is 16.5. The minimum atomic E-state index is -1.12. The number of benzene rings is 1. The number of aliphatic carboxylic acids is 1. The summed E-state index contributed by atoms with van der Waals surface area (Å²) in [6, 6.07) is 4.81. The number of carbonyl (C=O) groups is 4. The first-order valence-corrected chi connectivity index (χ1v) is 11.6. The maximum absolute atomic E-state index is 13.1. The molecule has 0 aliphatic carbocycles. The van der Waals surface area contributed by atoms with Gasteiger partial charge in [-0.05, 0) is 44.9 Å². The van der Waals surface area contributed by atoms with Crippen LogP contribution in [-0.2, 0) is 20.7 Å². The van der Waals surface area contributed by atoms with Crippen LogP contribution in [0.5, 0.6) is 0 Å². The molecule has 10 nitrogen and oxygen atoms in total. The SMILES string of the molecule is C#C[C@H](CC(=O)O)NC(=O)CN1CCc2ccc(N3CCN(C(=O)OC(C)(C)C)CC3)cc2C1=O. The molecular formula is C25H32N4O6. The van der Waals surface area contributed by atoms with Crippen LogP contribution in [0.25, 0.3) is 0 Å². The van der Waals surface area contributed by atoms with Crippen molar-refractivity contribution in [3.05, 3.63) is 29.3 Å². The fraction of sp³-hybridized carbons (Fsp3) is 0.520. The number of hydrogen-bond donors (Lipinski definition) is 2. The lowest BCUT2D eigenvalue weighted by molar-refractivity contribution is -0.137. The van der Waals surface area contributed by atoms with Gasteiger partial charge in [0.25, 0.3) is 5.91 Å². The van der Waals surface area contributed by atoms with Crippen LogP contribution < -0.4 is 10.2 Å². The van der Waals surface area contributed by atoms with Crippen molar-refractivity contribution in [1.82, 2.24) is 15.1 Å². The second kappa shape index (κ2) is 10.7. The fourth-order valence-corrected chi connectivity index (χ4v) is 4.07. The summed E-state index contributed by atoms with van der Waals surface area (Å²) in [5.74, 6) is 0.366. The van der Waals surface area contributed by atoms with E-state index in [4.69, 9.17) is 16.3 Å². The smallest absolute Gasteiger partial charge is 0.410 e. The van der Waals surface area contributed by atoms with Crippen molar-refractivity contribution >= 4 is 29.6 Å². The van der Waals surface area contributed by atoms with Gasteiger partial charge in [-0.15, -0.1) is 6.42 Å². The van der Waals surface area contributed by atoms with Crippen molar-refractivity contribution in [2.45, 2.75) is 45.3 Å². The topological polar surface area (TPSA) is 119 Å². The quantitative estimate of drug-likeness (QED) is 0.585. The van der Waals surface area contributed by atoms with Gasteiger partial charge in [0.2, 0.25) is 5.91 Å². The van der Waals surface area contributed by atoms with E-state index in [1.54, 1.807) is 4.90 Å². The molecular weight excluding hydrogens is 452 g/mol. The van der Waals surface area contributed by atoms with Crippen LogP contribution in [0.15, 0.2) is 18.2 Å². The summed E-state index contributed by atoms with van der Waals surface area (Å²) < 4.78 is 5.45. The van der Waals surface area contributed by atoms with Crippen LogP contribution in [0.1, 0.15) is 43.1 Å².